The number of oxazole rings is 1. The van der Waals surface area contributed by atoms with E-state index in [1.807, 2.05) is 24.3 Å². The van der Waals surface area contributed by atoms with Gasteiger partial charge in [-0.1, -0.05) is 0 Å². The Kier molecular flexibility index (Phi) is 5.26. The molecule has 3 aromatic carbocycles. The zero-order valence-corrected chi connectivity index (χ0v) is 16.8. The maximum atomic E-state index is 12.6. The maximum Gasteiger partial charge on any atom is 0.255 e. The lowest BCUT2D eigenvalue weighted by Gasteiger charge is -2.10. The Hall–Kier alpha value is -4.00. The Morgan fingerprint density at radius 3 is 2.33 bits per heavy atom. The van der Waals surface area contributed by atoms with Gasteiger partial charge in [0, 0.05) is 16.8 Å². The minimum atomic E-state index is -0.269. The number of rotatable bonds is 6. The van der Waals surface area contributed by atoms with Crippen LogP contribution in [0.2, 0.25) is 0 Å². The molecule has 0 aliphatic heterocycles. The molecule has 1 heterocycles. The summed E-state index contributed by atoms with van der Waals surface area (Å²) in [5, 5.41) is 2.87. The first-order valence-corrected chi connectivity index (χ1v) is 9.19. The number of hydrogen-bond donors (Lipinski definition) is 1. The number of hydrogen-bond acceptors (Lipinski definition) is 6. The molecule has 0 aliphatic rings. The Labute approximate surface area is 173 Å². The average Bonchev–Trinajstić information content (AvgIpc) is 3.22. The number of carbonyl (C=O) groups is 1. The Bertz CT molecular complexity index is 1200. The van der Waals surface area contributed by atoms with Crippen LogP contribution in [0.4, 0.5) is 5.69 Å². The van der Waals surface area contributed by atoms with E-state index in [0.717, 1.165) is 11.3 Å². The van der Waals surface area contributed by atoms with Gasteiger partial charge in [0.15, 0.2) is 17.1 Å². The number of amides is 1. The molecule has 7 heteroatoms. The van der Waals surface area contributed by atoms with Gasteiger partial charge in [0.1, 0.15) is 11.3 Å². The van der Waals surface area contributed by atoms with Crippen molar-refractivity contribution >= 4 is 22.7 Å². The van der Waals surface area contributed by atoms with E-state index < -0.39 is 0 Å². The Morgan fingerprint density at radius 2 is 1.63 bits per heavy atom. The third-order valence-corrected chi connectivity index (χ3v) is 4.63. The summed E-state index contributed by atoms with van der Waals surface area (Å²) >= 11 is 0. The van der Waals surface area contributed by atoms with Gasteiger partial charge in [-0.05, 0) is 60.7 Å². The summed E-state index contributed by atoms with van der Waals surface area (Å²) in [6.07, 6.45) is 0. The van der Waals surface area contributed by atoms with Crippen LogP contribution in [0.5, 0.6) is 17.2 Å². The first-order chi connectivity index (χ1) is 14.6. The molecular formula is C23H20N2O5. The van der Waals surface area contributed by atoms with Crippen molar-refractivity contribution in [3.63, 3.8) is 0 Å². The zero-order valence-electron chi connectivity index (χ0n) is 16.8. The summed E-state index contributed by atoms with van der Waals surface area (Å²) in [6.45, 7) is 0. The lowest BCUT2D eigenvalue weighted by Crippen LogP contribution is -2.12. The SMILES string of the molecule is COc1ccc(-c2nc3cc(NC(=O)c4ccc(OC)c(OC)c4)ccc3o2)cc1. The summed E-state index contributed by atoms with van der Waals surface area (Å²) in [5.41, 5.74) is 3.17. The molecule has 0 aliphatic carbocycles. The van der Waals surface area contributed by atoms with Gasteiger partial charge < -0.3 is 23.9 Å². The highest BCUT2D eigenvalue weighted by Crippen LogP contribution is 2.29. The molecule has 0 saturated carbocycles. The molecule has 0 saturated heterocycles. The monoisotopic (exact) mass is 404 g/mol. The Morgan fingerprint density at radius 1 is 0.867 bits per heavy atom. The van der Waals surface area contributed by atoms with Crippen molar-refractivity contribution < 1.29 is 23.4 Å². The quantitative estimate of drug-likeness (QED) is 0.498. The van der Waals surface area contributed by atoms with E-state index in [9.17, 15) is 4.79 Å². The van der Waals surface area contributed by atoms with Gasteiger partial charge >= 0.3 is 0 Å². The second-order valence-corrected chi connectivity index (χ2v) is 6.45. The van der Waals surface area contributed by atoms with Crippen molar-refractivity contribution in [3.05, 3.63) is 66.2 Å². The molecule has 30 heavy (non-hydrogen) atoms. The van der Waals surface area contributed by atoms with Crippen LogP contribution < -0.4 is 19.5 Å². The third-order valence-electron chi connectivity index (χ3n) is 4.63. The number of anilines is 1. The normalized spacial score (nSPS) is 10.6. The van der Waals surface area contributed by atoms with Gasteiger partial charge in [-0.2, -0.15) is 0 Å². The molecule has 1 amide bonds. The first-order valence-electron chi connectivity index (χ1n) is 9.19. The van der Waals surface area contributed by atoms with Crippen LogP contribution in [-0.4, -0.2) is 32.2 Å². The van der Waals surface area contributed by atoms with Crippen LogP contribution in [0.15, 0.2) is 65.1 Å². The smallest absolute Gasteiger partial charge is 0.255 e. The van der Waals surface area contributed by atoms with Crippen LogP contribution >= 0.6 is 0 Å². The molecule has 7 nitrogen and oxygen atoms in total. The van der Waals surface area contributed by atoms with E-state index in [1.54, 1.807) is 50.6 Å². The number of benzene rings is 3. The molecule has 4 aromatic rings. The Balaban J connectivity index is 1.57. The second-order valence-electron chi connectivity index (χ2n) is 6.45. The fourth-order valence-electron chi connectivity index (χ4n) is 3.04. The van der Waals surface area contributed by atoms with Crippen LogP contribution in [0.25, 0.3) is 22.6 Å². The zero-order chi connectivity index (χ0) is 21.1. The second kappa shape index (κ2) is 8.16. The van der Waals surface area contributed by atoms with Crippen molar-refractivity contribution in [2.45, 2.75) is 0 Å². The topological polar surface area (TPSA) is 82.8 Å². The van der Waals surface area contributed by atoms with Gasteiger partial charge in [-0.15, -0.1) is 0 Å². The minimum Gasteiger partial charge on any atom is -0.497 e. The summed E-state index contributed by atoms with van der Waals surface area (Å²) in [6, 6.07) is 17.8. The standard InChI is InChI=1S/C23H20N2O5/c1-27-17-8-4-14(5-9-17)23-25-18-13-16(7-11-19(18)30-23)24-22(26)15-6-10-20(28-2)21(12-15)29-3/h4-13H,1-3H3,(H,24,26). The molecule has 0 bridgehead atoms. The number of carbonyl (C=O) groups excluding carboxylic acids is 1. The van der Waals surface area contributed by atoms with E-state index in [0.29, 0.717) is 39.7 Å². The number of ether oxygens (including phenoxy) is 3. The van der Waals surface area contributed by atoms with E-state index in [4.69, 9.17) is 18.6 Å². The maximum absolute atomic E-state index is 12.6. The average molecular weight is 404 g/mol. The fraction of sp³-hybridized carbons (Fsp3) is 0.130. The predicted octanol–water partition coefficient (Wildman–Crippen LogP) is 4.77. The number of aromatic nitrogens is 1. The highest BCUT2D eigenvalue weighted by molar-refractivity contribution is 6.05. The van der Waals surface area contributed by atoms with Gasteiger partial charge in [-0.25, -0.2) is 4.98 Å². The van der Waals surface area contributed by atoms with Crippen molar-refractivity contribution in [3.8, 4) is 28.7 Å². The lowest BCUT2D eigenvalue weighted by molar-refractivity contribution is 0.102. The molecule has 0 unspecified atom stereocenters. The third kappa shape index (κ3) is 3.77. The molecule has 0 radical (unpaired) electrons. The van der Waals surface area contributed by atoms with Gasteiger partial charge in [0.25, 0.3) is 5.91 Å². The lowest BCUT2D eigenvalue weighted by atomic mass is 10.1. The van der Waals surface area contributed by atoms with Crippen molar-refractivity contribution in [1.82, 2.24) is 4.98 Å². The van der Waals surface area contributed by atoms with Crippen LogP contribution in [0.3, 0.4) is 0 Å². The highest BCUT2D eigenvalue weighted by Gasteiger charge is 2.13. The molecule has 0 spiro atoms. The molecule has 0 fully saturated rings. The summed E-state index contributed by atoms with van der Waals surface area (Å²) in [4.78, 5) is 17.2. The molecule has 1 aromatic heterocycles. The van der Waals surface area contributed by atoms with Gasteiger partial charge in [0.2, 0.25) is 5.89 Å². The van der Waals surface area contributed by atoms with Gasteiger partial charge in [-0.3, -0.25) is 4.79 Å². The fourth-order valence-corrected chi connectivity index (χ4v) is 3.04. The molecule has 1 N–H and O–H groups in total. The van der Waals surface area contributed by atoms with E-state index in [1.165, 1.54) is 7.11 Å². The minimum absolute atomic E-state index is 0.269. The van der Waals surface area contributed by atoms with E-state index in [2.05, 4.69) is 10.3 Å². The summed E-state index contributed by atoms with van der Waals surface area (Å²) < 4.78 is 21.5. The van der Waals surface area contributed by atoms with Crippen molar-refractivity contribution in [2.75, 3.05) is 26.6 Å². The summed E-state index contributed by atoms with van der Waals surface area (Å²) in [5.74, 6) is 2.03. The van der Waals surface area contributed by atoms with Crippen molar-refractivity contribution in [2.24, 2.45) is 0 Å². The number of nitrogens with one attached hydrogen (secondary N) is 1. The van der Waals surface area contributed by atoms with Crippen LogP contribution in [0, 0.1) is 0 Å². The van der Waals surface area contributed by atoms with Crippen LogP contribution in [-0.2, 0) is 0 Å². The molecular weight excluding hydrogens is 384 g/mol. The summed E-state index contributed by atoms with van der Waals surface area (Å²) in [7, 11) is 4.69. The highest BCUT2D eigenvalue weighted by atomic mass is 16.5. The molecule has 0 atom stereocenters. The van der Waals surface area contributed by atoms with E-state index in [-0.39, 0.29) is 5.91 Å². The first kappa shape index (κ1) is 19.3. The molecule has 4 rings (SSSR count). The number of fused-ring (bicyclic) bond motifs is 1. The van der Waals surface area contributed by atoms with Gasteiger partial charge in [0.05, 0.1) is 21.3 Å². The number of nitrogens with zero attached hydrogens (tertiary/aromatic N) is 1. The van der Waals surface area contributed by atoms with Crippen LogP contribution in [0.1, 0.15) is 10.4 Å². The van der Waals surface area contributed by atoms with E-state index >= 15 is 0 Å². The largest absolute Gasteiger partial charge is 0.497 e. The predicted molar refractivity (Wildman–Crippen MR) is 113 cm³/mol. The molecule has 152 valence electrons. The van der Waals surface area contributed by atoms with Crippen molar-refractivity contribution in [1.29, 1.82) is 0 Å². The number of methoxy groups -OCH3 is 3.